The van der Waals surface area contributed by atoms with Crippen LogP contribution in [0, 0.1) is 6.92 Å². The van der Waals surface area contributed by atoms with Gasteiger partial charge in [0.2, 0.25) is 11.8 Å². The van der Waals surface area contributed by atoms with E-state index < -0.39 is 28.7 Å². The summed E-state index contributed by atoms with van der Waals surface area (Å²) in [5.41, 5.74) is 2.31. The quantitative estimate of drug-likeness (QED) is 0.497. The van der Waals surface area contributed by atoms with Crippen LogP contribution in [-0.2, 0) is 26.3 Å². The Bertz CT molecular complexity index is 1130. The molecule has 3 rings (SSSR count). The van der Waals surface area contributed by atoms with Gasteiger partial charge in [0.25, 0.3) is 0 Å². The smallest absolute Gasteiger partial charge is 0.304 e. The molecule has 36 heavy (non-hydrogen) atoms. The van der Waals surface area contributed by atoms with Crippen molar-refractivity contribution >= 4 is 27.7 Å². The number of para-hydroxylation sites is 1. The molecule has 9 heteroatoms. The average molecular weight is 515 g/mol. The maximum Gasteiger partial charge on any atom is 0.304 e. The van der Waals surface area contributed by atoms with E-state index >= 15 is 0 Å². The van der Waals surface area contributed by atoms with Crippen molar-refractivity contribution in [1.29, 1.82) is 0 Å². The molecule has 0 heterocycles. The largest absolute Gasteiger partial charge is 0.352 e. The van der Waals surface area contributed by atoms with Crippen LogP contribution in [-0.4, -0.2) is 62.2 Å². The minimum Gasteiger partial charge on any atom is -0.352 e. The third-order valence-corrected chi connectivity index (χ3v) is 8.57. The number of carbonyl (C=O) groups excluding carboxylic acids is 2. The molecule has 2 aromatic carbocycles. The van der Waals surface area contributed by atoms with Crippen molar-refractivity contribution in [3.63, 3.8) is 0 Å². The van der Waals surface area contributed by atoms with Crippen molar-refractivity contribution in [3.05, 3.63) is 65.7 Å². The van der Waals surface area contributed by atoms with Gasteiger partial charge in [-0.1, -0.05) is 62.2 Å². The lowest BCUT2D eigenvalue weighted by Gasteiger charge is -2.34. The zero-order valence-corrected chi connectivity index (χ0v) is 22.5. The number of aryl methyl sites for hydroxylation is 1. The van der Waals surface area contributed by atoms with Crippen LogP contribution in [0.5, 0.6) is 0 Å². The second kappa shape index (κ2) is 12.4. The molecule has 8 nitrogen and oxygen atoms in total. The summed E-state index contributed by atoms with van der Waals surface area (Å²) >= 11 is 0. The molecule has 0 saturated heterocycles. The summed E-state index contributed by atoms with van der Waals surface area (Å²) < 4.78 is 28.6. The zero-order valence-electron chi connectivity index (χ0n) is 21.7. The highest BCUT2D eigenvalue weighted by Crippen LogP contribution is 2.23. The molecule has 0 bridgehead atoms. The summed E-state index contributed by atoms with van der Waals surface area (Å²) in [6.45, 7) is 3.64. The number of benzene rings is 2. The van der Waals surface area contributed by atoms with E-state index in [1.165, 1.54) is 19.0 Å². The standard InChI is InChI=1S/C27H38N4O4S/c1-5-25(27(33)28-23-15-11-12-16-23)30(19-22-14-10-9-13-21(22)2)26(32)20-31(36(34,35)29(3)4)24-17-7-6-8-18-24/h6-10,13-14,17-18,23,25H,5,11-12,15-16,19-20H2,1-4H3,(H,28,33). The molecule has 1 N–H and O–H groups in total. The minimum absolute atomic E-state index is 0.122. The van der Waals surface area contributed by atoms with Crippen molar-refractivity contribution in [2.75, 3.05) is 24.9 Å². The van der Waals surface area contributed by atoms with Gasteiger partial charge in [-0.25, -0.2) is 4.31 Å². The Balaban J connectivity index is 1.96. The highest BCUT2D eigenvalue weighted by molar-refractivity contribution is 7.90. The van der Waals surface area contributed by atoms with Crippen molar-refractivity contribution in [1.82, 2.24) is 14.5 Å². The third-order valence-electron chi connectivity index (χ3n) is 6.75. The van der Waals surface area contributed by atoms with Gasteiger partial charge in [-0.3, -0.25) is 9.59 Å². The van der Waals surface area contributed by atoms with Gasteiger partial charge in [0, 0.05) is 26.7 Å². The Morgan fingerprint density at radius 1 is 1.00 bits per heavy atom. The van der Waals surface area contributed by atoms with Gasteiger partial charge in [0.1, 0.15) is 12.6 Å². The number of amides is 2. The number of hydrogen-bond donors (Lipinski definition) is 1. The molecule has 196 valence electrons. The molecular weight excluding hydrogens is 476 g/mol. The lowest BCUT2D eigenvalue weighted by Crippen LogP contribution is -2.54. The summed E-state index contributed by atoms with van der Waals surface area (Å²) in [4.78, 5) is 28.8. The Kier molecular flexibility index (Phi) is 9.50. The molecule has 0 spiro atoms. The number of nitrogens with zero attached hydrogens (tertiary/aromatic N) is 3. The van der Waals surface area contributed by atoms with E-state index in [1.54, 1.807) is 30.3 Å². The number of anilines is 1. The van der Waals surface area contributed by atoms with Crippen LogP contribution in [0.2, 0.25) is 0 Å². The summed E-state index contributed by atoms with van der Waals surface area (Å²) in [7, 11) is -1.08. The molecule has 1 unspecified atom stereocenters. The summed E-state index contributed by atoms with van der Waals surface area (Å²) in [6, 6.07) is 15.7. The fourth-order valence-electron chi connectivity index (χ4n) is 4.57. The molecule has 1 saturated carbocycles. The molecule has 2 aromatic rings. The summed E-state index contributed by atoms with van der Waals surface area (Å²) in [6.07, 6.45) is 4.47. The first kappa shape index (κ1) is 27.7. The van der Waals surface area contributed by atoms with Gasteiger partial charge in [-0.15, -0.1) is 0 Å². The fraction of sp³-hybridized carbons (Fsp3) is 0.481. The highest BCUT2D eigenvalue weighted by Gasteiger charge is 2.34. The average Bonchev–Trinajstić information content (AvgIpc) is 3.36. The molecule has 1 aliphatic rings. The maximum atomic E-state index is 13.9. The van der Waals surface area contributed by atoms with Crippen LogP contribution in [0.15, 0.2) is 54.6 Å². The number of carbonyl (C=O) groups is 2. The van der Waals surface area contributed by atoms with E-state index in [1.807, 2.05) is 38.1 Å². The lowest BCUT2D eigenvalue weighted by atomic mass is 10.1. The maximum absolute atomic E-state index is 13.9. The van der Waals surface area contributed by atoms with Crippen LogP contribution in [0.4, 0.5) is 5.69 Å². The number of nitrogens with one attached hydrogen (secondary N) is 1. The molecule has 0 aromatic heterocycles. The van der Waals surface area contributed by atoms with E-state index in [2.05, 4.69) is 5.32 Å². The predicted octanol–water partition coefficient (Wildman–Crippen LogP) is 3.47. The van der Waals surface area contributed by atoms with E-state index in [4.69, 9.17) is 0 Å². The van der Waals surface area contributed by atoms with Crippen LogP contribution in [0.25, 0.3) is 0 Å². The summed E-state index contributed by atoms with van der Waals surface area (Å²) in [5.74, 6) is -0.617. The van der Waals surface area contributed by atoms with Gasteiger partial charge in [-0.2, -0.15) is 12.7 Å². The number of hydrogen-bond acceptors (Lipinski definition) is 4. The monoisotopic (exact) mass is 514 g/mol. The fourth-order valence-corrected chi connectivity index (χ4v) is 5.63. The van der Waals surface area contributed by atoms with Crippen molar-refractivity contribution in [3.8, 4) is 0 Å². The van der Waals surface area contributed by atoms with Gasteiger partial charge < -0.3 is 10.2 Å². The van der Waals surface area contributed by atoms with E-state index in [0.29, 0.717) is 12.1 Å². The lowest BCUT2D eigenvalue weighted by molar-refractivity contribution is -0.140. The van der Waals surface area contributed by atoms with Gasteiger partial charge in [0.05, 0.1) is 5.69 Å². The van der Waals surface area contributed by atoms with Crippen molar-refractivity contribution in [2.45, 2.75) is 64.6 Å². The van der Waals surface area contributed by atoms with Gasteiger partial charge in [-0.05, 0) is 49.4 Å². The Hall–Kier alpha value is -2.91. The normalized spacial score (nSPS) is 15.0. The first-order valence-electron chi connectivity index (χ1n) is 12.5. The van der Waals surface area contributed by atoms with E-state index in [-0.39, 0.29) is 18.5 Å². The first-order valence-corrected chi connectivity index (χ1v) is 13.9. The predicted molar refractivity (Wildman–Crippen MR) is 143 cm³/mol. The minimum atomic E-state index is -3.95. The Labute approximate surface area is 215 Å². The van der Waals surface area contributed by atoms with Crippen LogP contribution < -0.4 is 9.62 Å². The van der Waals surface area contributed by atoms with E-state index in [9.17, 15) is 18.0 Å². The van der Waals surface area contributed by atoms with Crippen molar-refractivity contribution < 1.29 is 18.0 Å². The zero-order chi connectivity index (χ0) is 26.3. The number of rotatable bonds is 11. The second-order valence-corrected chi connectivity index (χ2v) is 11.6. The highest BCUT2D eigenvalue weighted by atomic mass is 32.2. The Morgan fingerprint density at radius 2 is 1.61 bits per heavy atom. The molecule has 0 aliphatic heterocycles. The molecule has 2 amide bonds. The summed E-state index contributed by atoms with van der Waals surface area (Å²) in [5, 5.41) is 3.13. The third kappa shape index (κ3) is 6.64. The second-order valence-electron chi connectivity index (χ2n) is 9.49. The molecule has 1 atom stereocenters. The molecular formula is C27H38N4O4S. The molecule has 0 radical (unpaired) electrons. The van der Waals surface area contributed by atoms with E-state index in [0.717, 1.165) is 45.4 Å². The van der Waals surface area contributed by atoms with Gasteiger partial charge >= 0.3 is 10.2 Å². The molecule has 1 fully saturated rings. The van der Waals surface area contributed by atoms with Crippen LogP contribution in [0.3, 0.4) is 0 Å². The molecule has 1 aliphatic carbocycles. The van der Waals surface area contributed by atoms with Gasteiger partial charge in [0.15, 0.2) is 0 Å². The topological polar surface area (TPSA) is 90.0 Å². The van der Waals surface area contributed by atoms with Crippen LogP contribution in [0.1, 0.15) is 50.2 Å². The SMILES string of the molecule is CCC(C(=O)NC1CCCC1)N(Cc1ccccc1C)C(=O)CN(c1ccccc1)S(=O)(=O)N(C)C. The first-order chi connectivity index (χ1) is 17.1. The van der Waals surface area contributed by atoms with Crippen LogP contribution >= 0.6 is 0 Å². The Morgan fingerprint density at radius 3 is 2.19 bits per heavy atom. The van der Waals surface area contributed by atoms with Crippen molar-refractivity contribution in [2.24, 2.45) is 0 Å².